The third-order valence-corrected chi connectivity index (χ3v) is 11.2. The van der Waals surface area contributed by atoms with E-state index in [2.05, 4.69) is 15.2 Å². The maximum atomic E-state index is 13.5. The number of likely N-dealkylation sites (tertiary alicyclic amines) is 2. The monoisotopic (exact) mass is 810 g/mol. The van der Waals surface area contributed by atoms with E-state index in [0.29, 0.717) is 57.4 Å². The van der Waals surface area contributed by atoms with Crippen LogP contribution in [-0.4, -0.2) is 138 Å². The molecule has 3 heterocycles. The van der Waals surface area contributed by atoms with Crippen molar-refractivity contribution in [1.29, 1.82) is 0 Å². The molecule has 2 aromatic rings. The van der Waals surface area contributed by atoms with Crippen molar-refractivity contribution in [2.24, 2.45) is 16.0 Å². The molecule has 3 aliphatic rings. The summed E-state index contributed by atoms with van der Waals surface area (Å²) in [6.07, 6.45) is 5.07. The zero-order valence-corrected chi connectivity index (χ0v) is 32.8. The minimum atomic E-state index is -0.377. The van der Waals surface area contributed by atoms with Crippen molar-refractivity contribution in [3.63, 3.8) is 0 Å². The van der Waals surface area contributed by atoms with Gasteiger partial charge in [0.2, 0.25) is 5.91 Å². The van der Waals surface area contributed by atoms with Gasteiger partial charge in [-0.15, -0.1) is 0 Å². The van der Waals surface area contributed by atoms with E-state index in [1.165, 1.54) is 4.90 Å². The van der Waals surface area contributed by atoms with Crippen molar-refractivity contribution in [1.82, 2.24) is 24.5 Å². The smallest absolute Gasteiger partial charge is 0.320 e. The van der Waals surface area contributed by atoms with E-state index < -0.39 is 0 Å². The summed E-state index contributed by atoms with van der Waals surface area (Å²) in [5, 5.41) is 17.9. The molecule has 17 heteroatoms. The lowest BCUT2D eigenvalue weighted by Gasteiger charge is -2.43. The number of piperidine rings is 1. The summed E-state index contributed by atoms with van der Waals surface area (Å²) in [6, 6.07) is 10.0. The molecule has 5 rings (SSSR count). The molecule has 3 aliphatic heterocycles. The molecule has 0 unspecified atom stereocenters. The van der Waals surface area contributed by atoms with Gasteiger partial charge in [0.05, 0.1) is 22.3 Å². The van der Waals surface area contributed by atoms with Gasteiger partial charge in [0, 0.05) is 73.9 Å². The molecule has 3 fully saturated rings. The van der Waals surface area contributed by atoms with Crippen LogP contribution in [0.3, 0.4) is 0 Å². The normalized spacial score (nSPS) is 18.4. The van der Waals surface area contributed by atoms with Crippen molar-refractivity contribution in [3.8, 4) is 0 Å². The number of urea groups is 1. The van der Waals surface area contributed by atoms with Crippen molar-refractivity contribution in [2.75, 3.05) is 72.6 Å². The number of amidine groups is 1. The first-order chi connectivity index (χ1) is 25.4. The number of carbonyl (C=O) groups is 3. The number of benzene rings is 2. The molecule has 0 saturated carbocycles. The van der Waals surface area contributed by atoms with Crippen LogP contribution in [0.1, 0.15) is 60.4 Å². The number of nitrogens with zero attached hydrogens (tertiary/aromatic N) is 7. The summed E-state index contributed by atoms with van der Waals surface area (Å²) < 4.78 is 0. The van der Waals surface area contributed by atoms with Gasteiger partial charge in [0.1, 0.15) is 6.54 Å². The molecule has 1 atom stereocenters. The summed E-state index contributed by atoms with van der Waals surface area (Å²) in [5.41, 5.74) is 7.27. The van der Waals surface area contributed by atoms with Gasteiger partial charge in [-0.3, -0.25) is 9.59 Å². The highest BCUT2D eigenvalue weighted by Gasteiger charge is 2.35. The predicted octanol–water partition coefficient (Wildman–Crippen LogP) is 5.88. The number of carbonyl (C=O) groups excluding carboxylic acids is 3. The molecule has 53 heavy (non-hydrogen) atoms. The second-order valence-corrected chi connectivity index (χ2v) is 15.4. The summed E-state index contributed by atoms with van der Waals surface area (Å²) in [7, 11) is 1.64. The highest BCUT2D eigenvalue weighted by molar-refractivity contribution is 6.42. The Balaban J connectivity index is 1.28. The Bertz CT molecular complexity index is 1660. The van der Waals surface area contributed by atoms with E-state index in [9.17, 15) is 14.4 Å². The Morgan fingerprint density at radius 1 is 0.962 bits per heavy atom. The summed E-state index contributed by atoms with van der Waals surface area (Å²) >= 11 is 25.2. The Morgan fingerprint density at radius 3 is 2.32 bits per heavy atom. The number of rotatable bonds is 14. The second-order valence-electron chi connectivity index (χ2n) is 13.7. The predicted molar refractivity (Wildman–Crippen MR) is 208 cm³/mol. The van der Waals surface area contributed by atoms with Crippen LogP contribution in [0.25, 0.3) is 0 Å². The van der Waals surface area contributed by atoms with Crippen LogP contribution in [0.4, 0.5) is 4.79 Å². The first-order valence-corrected chi connectivity index (χ1v) is 19.3. The SMILES string of the molecule is CN(C/C(=N\OC/C(N)=N/O)[C@H](CCN1CCC(N2CCCN(CC(=O)N3CCCC3)C2=O)CC1)c1ccc(Cl)c(Cl)c1)C(=O)c1cc(Cl)cc(Cl)c1. The van der Waals surface area contributed by atoms with Gasteiger partial charge < -0.3 is 40.3 Å². The van der Waals surface area contributed by atoms with E-state index >= 15 is 0 Å². The summed E-state index contributed by atoms with van der Waals surface area (Å²) in [6.45, 7) is 4.98. The van der Waals surface area contributed by atoms with Crippen molar-refractivity contribution in [3.05, 3.63) is 67.6 Å². The van der Waals surface area contributed by atoms with E-state index in [-0.39, 0.29) is 55.3 Å². The highest BCUT2D eigenvalue weighted by atomic mass is 35.5. The highest BCUT2D eigenvalue weighted by Crippen LogP contribution is 2.31. The fraction of sp³-hybridized carbons (Fsp3) is 0.528. The first kappa shape index (κ1) is 40.7. The van der Waals surface area contributed by atoms with Gasteiger partial charge in [-0.25, -0.2) is 4.79 Å². The maximum Gasteiger partial charge on any atom is 0.320 e. The van der Waals surface area contributed by atoms with E-state index in [1.54, 1.807) is 42.3 Å². The maximum absolute atomic E-state index is 13.5. The lowest BCUT2D eigenvalue weighted by atomic mass is 9.89. The van der Waals surface area contributed by atoms with Crippen LogP contribution in [-0.2, 0) is 9.63 Å². The quantitative estimate of drug-likeness (QED) is 0.105. The average molecular weight is 813 g/mol. The minimum Gasteiger partial charge on any atom is -0.409 e. The van der Waals surface area contributed by atoms with Crippen molar-refractivity contribution >= 4 is 75.8 Å². The number of halogens is 4. The molecule has 0 aromatic heterocycles. The van der Waals surface area contributed by atoms with Crippen LogP contribution in [0.15, 0.2) is 46.7 Å². The second kappa shape index (κ2) is 19.2. The molecular weight excluding hydrogens is 766 g/mol. The minimum absolute atomic E-state index is 0.0340. The molecule has 3 saturated heterocycles. The molecule has 288 valence electrons. The van der Waals surface area contributed by atoms with Gasteiger partial charge >= 0.3 is 6.03 Å². The van der Waals surface area contributed by atoms with Gasteiger partial charge in [0.25, 0.3) is 5.91 Å². The van der Waals surface area contributed by atoms with Gasteiger partial charge in [-0.05, 0) is 81.0 Å². The van der Waals surface area contributed by atoms with Crippen LogP contribution in [0.2, 0.25) is 20.1 Å². The Kier molecular flexibility index (Phi) is 14.7. The Labute approximate surface area is 330 Å². The van der Waals surface area contributed by atoms with Crippen LogP contribution >= 0.6 is 46.4 Å². The molecule has 0 spiro atoms. The fourth-order valence-electron chi connectivity index (χ4n) is 7.17. The Hall–Kier alpha value is -3.49. The zero-order valence-electron chi connectivity index (χ0n) is 29.7. The molecular formula is C36H46Cl4N8O5. The number of hydrogen-bond acceptors (Lipinski definition) is 8. The zero-order chi connectivity index (χ0) is 38.1. The summed E-state index contributed by atoms with van der Waals surface area (Å²) in [5.74, 6) is -0.849. The average Bonchev–Trinajstić information content (AvgIpc) is 3.69. The van der Waals surface area contributed by atoms with Crippen molar-refractivity contribution < 1.29 is 24.4 Å². The molecule has 0 radical (unpaired) electrons. The molecule has 0 aliphatic carbocycles. The van der Waals surface area contributed by atoms with Gasteiger partial charge in [-0.2, -0.15) is 0 Å². The third-order valence-electron chi connectivity index (χ3n) is 9.99. The number of nitrogens with two attached hydrogens (primary N) is 1. The molecule has 0 bridgehead atoms. The van der Waals surface area contributed by atoms with Crippen LogP contribution < -0.4 is 5.73 Å². The number of amides is 4. The fourth-order valence-corrected chi connectivity index (χ4v) is 8.00. The largest absolute Gasteiger partial charge is 0.409 e. The topological polar surface area (TPSA) is 148 Å². The van der Waals surface area contributed by atoms with Gasteiger partial charge in [-0.1, -0.05) is 62.8 Å². The first-order valence-electron chi connectivity index (χ1n) is 17.8. The third kappa shape index (κ3) is 11.0. The molecule has 3 N–H and O–H groups in total. The Morgan fingerprint density at radius 2 is 1.66 bits per heavy atom. The van der Waals surface area contributed by atoms with Crippen molar-refractivity contribution in [2.45, 2.75) is 50.5 Å². The van der Waals surface area contributed by atoms with E-state index in [0.717, 1.165) is 63.8 Å². The molecule has 4 amide bonds. The lowest BCUT2D eigenvalue weighted by molar-refractivity contribution is -0.131. The lowest BCUT2D eigenvalue weighted by Crippen LogP contribution is -2.57. The van der Waals surface area contributed by atoms with Gasteiger partial charge in [0.15, 0.2) is 12.4 Å². The molecule has 13 nitrogen and oxygen atoms in total. The number of hydrogen-bond donors (Lipinski definition) is 2. The van der Waals surface area contributed by atoms with Crippen LogP contribution in [0, 0.1) is 0 Å². The van der Waals surface area contributed by atoms with Crippen LogP contribution in [0.5, 0.6) is 0 Å². The van der Waals surface area contributed by atoms with E-state index in [4.69, 9.17) is 62.2 Å². The molecule has 2 aromatic carbocycles. The number of oxime groups is 2. The summed E-state index contributed by atoms with van der Waals surface area (Å²) in [4.78, 5) is 54.8. The van der Waals surface area contributed by atoms with E-state index in [1.807, 2.05) is 15.9 Å². The standard InChI is InChI=1S/C36H46Cl4N8O5/c1-44(35(50)25-17-26(37)20-27(38)18-25)21-32(43-53-23-33(41)42-52)29(24-5-6-30(39)31(40)19-24)9-16-45-14-7-28(8-15-45)48-13-4-12-47(36(48)51)22-34(49)46-10-2-3-11-46/h5-6,17-20,28-29,52H,2-4,7-16,21-23H2,1H3,(H2,41,42)/b43-32+/t29-/m1/s1.